The maximum absolute atomic E-state index is 13.8. The minimum Gasteiger partial charge on any atom is -0.497 e. The molecule has 0 heterocycles. The molecule has 0 aliphatic rings. The second kappa shape index (κ2) is 6.54. The molecule has 0 amide bonds. The first kappa shape index (κ1) is 15.3. The maximum Gasteiger partial charge on any atom is 0.146 e. The van der Waals surface area contributed by atoms with E-state index in [2.05, 4.69) is 31.9 Å². The van der Waals surface area contributed by atoms with Gasteiger partial charge in [0.2, 0.25) is 0 Å². The number of methoxy groups -OCH3 is 1. The zero-order valence-electron chi connectivity index (χ0n) is 10.4. The summed E-state index contributed by atoms with van der Waals surface area (Å²) in [5.74, 6) is -0.168. The Bertz CT molecular complexity index is 633. The van der Waals surface area contributed by atoms with Crippen molar-refractivity contribution in [1.82, 2.24) is 0 Å². The number of halogens is 4. The summed E-state index contributed by atoms with van der Waals surface area (Å²) in [5, 5.41) is 0. The van der Waals surface area contributed by atoms with Crippen molar-refractivity contribution in [3.63, 3.8) is 0 Å². The highest BCUT2D eigenvalue weighted by Crippen LogP contribution is 2.30. The van der Waals surface area contributed by atoms with Crippen molar-refractivity contribution in [3.05, 3.63) is 56.5 Å². The molecule has 0 aromatic heterocycles. The fraction of sp³-hybridized carbons (Fsp3) is 0.143. The van der Waals surface area contributed by atoms with Gasteiger partial charge in [-0.15, -0.1) is 0 Å². The lowest BCUT2D eigenvalue weighted by atomic mass is 10.2. The van der Waals surface area contributed by atoms with Gasteiger partial charge in [0.1, 0.15) is 29.7 Å². The standard InChI is InChI=1S/C14H10Br2F2O2/c1-19-8-2-5-13(11(16)6-8)20-7-9-12(17)4-3-10(15)14(9)18/h2-6H,7H2,1H3. The average molecular weight is 408 g/mol. The second-order valence-electron chi connectivity index (χ2n) is 3.91. The van der Waals surface area contributed by atoms with Crippen LogP contribution < -0.4 is 9.47 Å². The van der Waals surface area contributed by atoms with E-state index in [1.54, 1.807) is 25.3 Å². The second-order valence-corrected chi connectivity index (χ2v) is 5.62. The van der Waals surface area contributed by atoms with Crippen molar-refractivity contribution in [3.8, 4) is 11.5 Å². The Labute approximate surface area is 132 Å². The molecule has 20 heavy (non-hydrogen) atoms. The van der Waals surface area contributed by atoms with Crippen molar-refractivity contribution in [2.75, 3.05) is 7.11 Å². The van der Waals surface area contributed by atoms with Crippen LogP contribution in [-0.4, -0.2) is 7.11 Å². The molecule has 0 saturated carbocycles. The summed E-state index contributed by atoms with van der Waals surface area (Å²) < 4.78 is 38.7. The summed E-state index contributed by atoms with van der Waals surface area (Å²) >= 11 is 6.33. The summed E-state index contributed by atoms with van der Waals surface area (Å²) in [6.45, 7) is -0.206. The van der Waals surface area contributed by atoms with Crippen LogP contribution in [0.3, 0.4) is 0 Å². The third kappa shape index (κ3) is 3.30. The summed E-state index contributed by atoms with van der Waals surface area (Å²) in [4.78, 5) is 0. The van der Waals surface area contributed by atoms with Gasteiger partial charge < -0.3 is 9.47 Å². The van der Waals surface area contributed by atoms with E-state index in [9.17, 15) is 8.78 Å². The highest BCUT2D eigenvalue weighted by Gasteiger charge is 2.13. The van der Waals surface area contributed by atoms with Gasteiger partial charge in [0.15, 0.2) is 0 Å². The monoisotopic (exact) mass is 406 g/mol. The molecule has 0 aliphatic carbocycles. The number of benzene rings is 2. The molecule has 106 valence electrons. The molecular weight excluding hydrogens is 398 g/mol. The summed E-state index contributed by atoms with van der Waals surface area (Å²) in [5.41, 5.74) is -0.123. The molecule has 0 atom stereocenters. The van der Waals surface area contributed by atoms with Crippen molar-refractivity contribution < 1.29 is 18.3 Å². The molecule has 0 fully saturated rings. The van der Waals surface area contributed by atoms with Crippen molar-refractivity contribution in [1.29, 1.82) is 0 Å². The zero-order valence-corrected chi connectivity index (χ0v) is 13.6. The van der Waals surface area contributed by atoms with Gasteiger partial charge in [-0.05, 0) is 62.2 Å². The van der Waals surface area contributed by atoms with Gasteiger partial charge in [0.05, 0.1) is 21.6 Å². The van der Waals surface area contributed by atoms with Crippen LogP contribution in [-0.2, 0) is 6.61 Å². The number of hydrogen-bond donors (Lipinski definition) is 0. The molecular formula is C14H10Br2F2O2. The van der Waals surface area contributed by atoms with Gasteiger partial charge >= 0.3 is 0 Å². The van der Waals surface area contributed by atoms with Crippen molar-refractivity contribution in [2.24, 2.45) is 0 Å². The zero-order chi connectivity index (χ0) is 14.7. The van der Waals surface area contributed by atoms with Gasteiger partial charge in [-0.25, -0.2) is 8.78 Å². The molecule has 0 unspecified atom stereocenters. The van der Waals surface area contributed by atoms with Crippen LogP contribution in [0.15, 0.2) is 39.3 Å². The Hall–Kier alpha value is -1.14. The largest absolute Gasteiger partial charge is 0.497 e. The molecule has 0 N–H and O–H groups in total. The Morgan fingerprint density at radius 3 is 2.45 bits per heavy atom. The van der Waals surface area contributed by atoms with Crippen molar-refractivity contribution >= 4 is 31.9 Å². The van der Waals surface area contributed by atoms with E-state index in [0.29, 0.717) is 16.0 Å². The van der Waals surface area contributed by atoms with Crippen LogP contribution in [0.4, 0.5) is 8.78 Å². The lowest BCUT2D eigenvalue weighted by Crippen LogP contribution is -2.03. The molecule has 0 radical (unpaired) electrons. The SMILES string of the molecule is COc1ccc(OCc2c(F)ccc(Br)c2F)c(Br)c1. The lowest BCUT2D eigenvalue weighted by molar-refractivity contribution is 0.289. The molecule has 0 aliphatic heterocycles. The first-order valence-electron chi connectivity index (χ1n) is 5.61. The summed E-state index contributed by atoms with van der Waals surface area (Å²) in [6.07, 6.45) is 0. The molecule has 0 spiro atoms. The van der Waals surface area contributed by atoms with E-state index >= 15 is 0 Å². The first-order valence-corrected chi connectivity index (χ1v) is 7.20. The molecule has 2 aromatic carbocycles. The van der Waals surface area contributed by atoms with Gasteiger partial charge in [-0.2, -0.15) is 0 Å². The third-order valence-corrected chi connectivity index (χ3v) is 3.88. The average Bonchev–Trinajstić information content (AvgIpc) is 2.44. The number of ether oxygens (including phenoxy) is 2. The Kier molecular flexibility index (Phi) is 4.99. The quantitative estimate of drug-likeness (QED) is 0.658. The molecule has 6 heteroatoms. The van der Waals surface area contributed by atoms with Crippen LogP contribution >= 0.6 is 31.9 Å². The minimum absolute atomic E-state index is 0.123. The van der Waals surface area contributed by atoms with Crippen LogP contribution in [0.2, 0.25) is 0 Å². The summed E-state index contributed by atoms with van der Waals surface area (Å²) in [7, 11) is 1.55. The lowest BCUT2D eigenvalue weighted by Gasteiger charge is -2.11. The Morgan fingerprint density at radius 2 is 1.80 bits per heavy atom. The highest BCUT2D eigenvalue weighted by atomic mass is 79.9. The predicted molar refractivity (Wildman–Crippen MR) is 79.1 cm³/mol. The Balaban J connectivity index is 2.19. The highest BCUT2D eigenvalue weighted by molar-refractivity contribution is 9.10. The van der Waals surface area contributed by atoms with E-state index in [4.69, 9.17) is 9.47 Å². The Morgan fingerprint density at radius 1 is 1.05 bits per heavy atom. The number of hydrogen-bond acceptors (Lipinski definition) is 2. The molecule has 0 bridgehead atoms. The summed E-state index contributed by atoms with van der Waals surface area (Å²) in [6, 6.07) is 7.58. The van der Waals surface area contributed by atoms with Gasteiger partial charge in [0.25, 0.3) is 0 Å². The minimum atomic E-state index is -0.658. The van der Waals surface area contributed by atoms with E-state index in [1.165, 1.54) is 12.1 Å². The fourth-order valence-corrected chi connectivity index (χ4v) is 2.42. The van der Waals surface area contributed by atoms with Crippen LogP contribution in [0.5, 0.6) is 11.5 Å². The van der Waals surface area contributed by atoms with Crippen LogP contribution in [0.25, 0.3) is 0 Å². The smallest absolute Gasteiger partial charge is 0.146 e. The number of rotatable bonds is 4. The molecule has 2 rings (SSSR count). The topological polar surface area (TPSA) is 18.5 Å². The predicted octanol–water partition coefficient (Wildman–Crippen LogP) is 5.08. The van der Waals surface area contributed by atoms with E-state index in [0.717, 1.165) is 0 Å². The molecule has 0 saturated heterocycles. The van der Waals surface area contributed by atoms with Crippen LogP contribution in [0, 0.1) is 11.6 Å². The van der Waals surface area contributed by atoms with Gasteiger partial charge in [-0.3, -0.25) is 0 Å². The van der Waals surface area contributed by atoms with E-state index in [-0.39, 0.29) is 16.6 Å². The fourth-order valence-electron chi connectivity index (χ4n) is 1.58. The maximum atomic E-state index is 13.8. The normalized spacial score (nSPS) is 10.4. The van der Waals surface area contributed by atoms with Crippen LogP contribution in [0.1, 0.15) is 5.56 Å². The van der Waals surface area contributed by atoms with Gasteiger partial charge in [-0.1, -0.05) is 0 Å². The molecule has 2 nitrogen and oxygen atoms in total. The van der Waals surface area contributed by atoms with Gasteiger partial charge in [0, 0.05) is 0 Å². The van der Waals surface area contributed by atoms with Crippen molar-refractivity contribution in [2.45, 2.75) is 6.61 Å². The third-order valence-electron chi connectivity index (χ3n) is 2.65. The van der Waals surface area contributed by atoms with E-state index < -0.39 is 11.6 Å². The molecule has 2 aromatic rings. The van der Waals surface area contributed by atoms with E-state index in [1.807, 2.05) is 0 Å². The first-order chi connectivity index (χ1) is 9.52.